The summed E-state index contributed by atoms with van der Waals surface area (Å²) < 4.78 is 5.21. The normalized spacial score (nSPS) is 20.8. The zero-order valence-corrected chi connectivity index (χ0v) is 11.0. The third-order valence-electron chi connectivity index (χ3n) is 2.93. The Hall–Kier alpha value is -1.24. The Morgan fingerprint density at radius 1 is 1.56 bits per heavy atom. The molecule has 18 heavy (non-hydrogen) atoms. The quantitative estimate of drug-likeness (QED) is 0.804. The zero-order valence-electron chi connectivity index (χ0n) is 10.2. The van der Waals surface area contributed by atoms with E-state index in [4.69, 9.17) is 10.5 Å². The van der Waals surface area contributed by atoms with Crippen LogP contribution in [0.15, 0.2) is 12.1 Å². The molecule has 1 aromatic rings. The second kappa shape index (κ2) is 5.60. The fraction of sp³-hybridized carbons (Fsp3) is 0.500. The first-order chi connectivity index (χ1) is 8.58. The standard InChI is InChI=1S/C12H16N2O3S/c1-8-2-3-11(18-8)10(15)6-14-4-5-17-7-9(14)12(13)16/h2-3,9H,4-7H2,1H3,(H2,13,16). The maximum atomic E-state index is 12.1. The fourth-order valence-corrected chi connectivity index (χ4v) is 2.73. The number of Topliss-reactive ketones (excluding diaryl/α,β-unsaturated/α-hetero) is 1. The zero-order chi connectivity index (χ0) is 13.1. The number of amides is 1. The van der Waals surface area contributed by atoms with Gasteiger partial charge in [0.25, 0.3) is 0 Å². The molecular weight excluding hydrogens is 252 g/mol. The molecule has 2 rings (SSSR count). The number of nitrogens with two attached hydrogens (primary N) is 1. The number of rotatable bonds is 4. The minimum Gasteiger partial charge on any atom is -0.378 e. The van der Waals surface area contributed by atoms with Crippen LogP contribution in [0.2, 0.25) is 0 Å². The van der Waals surface area contributed by atoms with Crippen molar-refractivity contribution < 1.29 is 14.3 Å². The summed E-state index contributed by atoms with van der Waals surface area (Å²) in [6, 6.07) is 3.24. The van der Waals surface area contributed by atoms with E-state index < -0.39 is 11.9 Å². The Bertz CT molecular complexity index is 458. The largest absolute Gasteiger partial charge is 0.378 e. The molecule has 6 heteroatoms. The minimum atomic E-state index is -0.497. The average Bonchev–Trinajstić information content (AvgIpc) is 2.76. The molecule has 1 amide bonds. The summed E-state index contributed by atoms with van der Waals surface area (Å²) in [5, 5.41) is 0. The van der Waals surface area contributed by atoms with Crippen molar-refractivity contribution in [1.82, 2.24) is 4.90 Å². The minimum absolute atomic E-state index is 0.0289. The van der Waals surface area contributed by atoms with Crippen LogP contribution in [0.3, 0.4) is 0 Å². The molecule has 0 saturated carbocycles. The first-order valence-corrected chi connectivity index (χ1v) is 6.60. The van der Waals surface area contributed by atoms with E-state index in [1.807, 2.05) is 19.1 Å². The third kappa shape index (κ3) is 2.95. The van der Waals surface area contributed by atoms with Gasteiger partial charge in [0.05, 0.1) is 24.6 Å². The molecule has 0 spiro atoms. The molecule has 1 aromatic heterocycles. The van der Waals surface area contributed by atoms with E-state index in [0.29, 0.717) is 13.2 Å². The Balaban J connectivity index is 2.03. The van der Waals surface area contributed by atoms with Gasteiger partial charge in [-0.15, -0.1) is 11.3 Å². The molecule has 1 fully saturated rings. The molecule has 1 unspecified atom stereocenters. The second-order valence-electron chi connectivity index (χ2n) is 4.30. The summed E-state index contributed by atoms with van der Waals surface area (Å²) in [5.41, 5.74) is 5.31. The highest BCUT2D eigenvalue weighted by Crippen LogP contribution is 2.17. The van der Waals surface area contributed by atoms with Gasteiger partial charge in [0.15, 0.2) is 5.78 Å². The van der Waals surface area contributed by atoms with E-state index in [0.717, 1.165) is 9.75 Å². The number of hydrogen-bond donors (Lipinski definition) is 1. The van der Waals surface area contributed by atoms with Crippen LogP contribution in [-0.4, -0.2) is 48.9 Å². The number of thiophene rings is 1. The van der Waals surface area contributed by atoms with Crippen LogP contribution in [0.1, 0.15) is 14.5 Å². The maximum absolute atomic E-state index is 12.1. The lowest BCUT2D eigenvalue weighted by atomic mass is 10.2. The van der Waals surface area contributed by atoms with Crippen LogP contribution in [0.25, 0.3) is 0 Å². The molecule has 0 bridgehead atoms. The van der Waals surface area contributed by atoms with Gasteiger partial charge in [0, 0.05) is 11.4 Å². The van der Waals surface area contributed by atoms with E-state index in [9.17, 15) is 9.59 Å². The monoisotopic (exact) mass is 268 g/mol. The Morgan fingerprint density at radius 3 is 2.94 bits per heavy atom. The number of primary amides is 1. The second-order valence-corrected chi connectivity index (χ2v) is 5.58. The SMILES string of the molecule is Cc1ccc(C(=O)CN2CCOCC2C(N)=O)s1. The van der Waals surface area contributed by atoms with Crippen molar-refractivity contribution in [3.8, 4) is 0 Å². The number of hydrogen-bond acceptors (Lipinski definition) is 5. The Labute approximate surface area is 110 Å². The summed E-state index contributed by atoms with van der Waals surface area (Å²) in [6.07, 6.45) is 0. The van der Waals surface area contributed by atoms with Crippen molar-refractivity contribution in [1.29, 1.82) is 0 Å². The van der Waals surface area contributed by atoms with Gasteiger partial charge in [0.2, 0.25) is 5.91 Å². The van der Waals surface area contributed by atoms with Gasteiger partial charge in [0.1, 0.15) is 6.04 Å². The summed E-state index contributed by atoms with van der Waals surface area (Å²) in [5.74, 6) is -0.411. The molecule has 1 aliphatic heterocycles. The third-order valence-corrected chi connectivity index (χ3v) is 3.97. The van der Waals surface area contributed by atoms with Crippen LogP contribution < -0.4 is 5.73 Å². The molecule has 5 nitrogen and oxygen atoms in total. The van der Waals surface area contributed by atoms with Crippen LogP contribution in [0, 0.1) is 6.92 Å². The van der Waals surface area contributed by atoms with Crippen molar-refractivity contribution in [2.75, 3.05) is 26.3 Å². The van der Waals surface area contributed by atoms with Gasteiger partial charge in [-0.25, -0.2) is 0 Å². The number of ether oxygens (including phenoxy) is 1. The average molecular weight is 268 g/mol. The van der Waals surface area contributed by atoms with Gasteiger partial charge in [-0.05, 0) is 19.1 Å². The lowest BCUT2D eigenvalue weighted by Gasteiger charge is -2.32. The Kier molecular flexibility index (Phi) is 4.11. The molecule has 1 saturated heterocycles. The molecule has 0 radical (unpaired) electrons. The van der Waals surface area contributed by atoms with Crippen LogP contribution in [0.4, 0.5) is 0 Å². The van der Waals surface area contributed by atoms with Crippen molar-refractivity contribution in [2.45, 2.75) is 13.0 Å². The molecular formula is C12H16N2O3S. The molecule has 2 heterocycles. The van der Waals surface area contributed by atoms with Crippen LogP contribution in [0.5, 0.6) is 0 Å². The van der Waals surface area contributed by atoms with E-state index in [2.05, 4.69) is 0 Å². The molecule has 0 aliphatic carbocycles. The lowest BCUT2D eigenvalue weighted by molar-refractivity contribution is -0.128. The lowest BCUT2D eigenvalue weighted by Crippen LogP contribution is -2.53. The van der Waals surface area contributed by atoms with E-state index >= 15 is 0 Å². The number of carbonyl (C=O) groups is 2. The highest BCUT2D eigenvalue weighted by atomic mass is 32.1. The number of aryl methyl sites for hydroxylation is 1. The molecule has 98 valence electrons. The summed E-state index contributed by atoms with van der Waals surface area (Å²) in [7, 11) is 0. The number of carbonyl (C=O) groups excluding carboxylic acids is 2. The van der Waals surface area contributed by atoms with Crippen molar-refractivity contribution in [3.05, 3.63) is 21.9 Å². The van der Waals surface area contributed by atoms with Crippen LogP contribution >= 0.6 is 11.3 Å². The highest BCUT2D eigenvalue weighted by Gasteiger charge is 2.29. The van der Waals surface area contributed by atoms with E-state index in [1.165, 1.54) is 11.3 Å². The smallest absolute Gasteiger partial charge is 0.237 e. The van der Waals surface area contributed by atoms with Crippen molar-refractivity contribution in [2.24, 2.45) is 5.73 Å². The number of ketones is 1. The van der Waals surface area contributed by atoms with Crippen LogP contribution in [-0.2, 0) is 9.53 Å². The first-order valence-electron chi connectivity index (χ1n) is 5.78. The van der Waals surface area contributed by atoms with Gasteiger partial charge < -0.3 is 10.5 Å². The topological polar surface area (TPSA) is 72.6 Å². The molecule has 0 aromatic carbocycles. The first kappa shape index (κ1) is 13.2. The van der Waals surface area contributed by atoms with Crippen molar-refractivity contribution in [3.63, 3.8) is 0 Å². The van der Waals surface area contributed by atoms with E-state index in [-0.39, 0.29) is 18.9 Å². The van der Waals surface area contributed by atoms with Gasteiger partial charge in [-0.3, -0.25) is 14.5 Å². The highest BCUT2D eigenvalue weighted by molar-refractivity contribution is 7.14. The van der Waals surface area contributed by atoms with Gasteiger partial charge in [-0.1, -0.05) is 0 Å². The predicted molar refractivity (Wildman–Crippen MR) is 68.8 cm³/mol. The molecule has 1 atom stereocenters. The fourth-order valence-electron chi connectivity index (χ4n) is 1.94. The van der Waals surface area contributed by atoms with Crippen molar-refractivity contribution >= 4 is 23.0 Å². The number of morpholine rings is 1. The number of nitrogens with zero attached hydrogens (tertiary/aromatic N) is 1. The van der Waals surface area contributed by atoms with Gasteiger partial charge in [-0.2, -0.15) is 0 Å². The van der Waals surface area contributed by atoms with E-state index in [1.54, 1.807) is 4.90 Å². The Morgan fingerprint density at radius 2 is 2.33 bits per heavy atom. The summed E-state index contributed by atoms with van der Waals surface area (Å²) >= 11 is 1.47. The molecule has 2 N–H and O–H groups in total. The van der Waals surface area contributed by atoms with Gasteiger partial charge >= 0.3 is 0 Å². The maximum Gasteiger partial charge on any atom is 0.237 e. The summed E-state index contributed by atoms with van der Waals surface area (Å²) in [6.45, 7) is 3.54. The molecule has 1 aliphatic rings. The predicted octanol–water partition coefficient (Wildman–Crippen LogP) is 0.425. The summed E-state index contributed by atoms with van der Waals surface area (Å²) in [4.78, 5) is 27.0.